The summed E-state index contributed by atoms with van der Waals surface area (Å²) >= 11 is 0. The van der Waals surface area contributed by atoms with Crippen LogP contribution in [0.15, 0.2) is 58.5 Å². The van der Waals surface area contributed by atoms with Crippen molar-refractivity contribution in [3.05, 3.63) is 86.5 Å². The summed E-state index contributed by atoms with van der Waals surface area (Å²) in [6, 6.07) is 8.05. The van der Waals surface area contributed by atoms with Gasteiger partial charge in [0.15, 0.2) is 5.65 Å². The van der Waals surface area contributed by atoms with Crippen molar-refractivity contribution in [2.24, 2.45) is 0 Å². The van der Waals surface area contributed by atoms with Gasteiger partial charge in [-0.1, -0.05) is 12.1 Å². The number of fused-ring (bicyclic) bond motifs is 1. The number of amides is 1. The van der Waals surface area contributed by atoms with Gasteiger partial charge in [-0.15, -0.1) is 0 Å². The van der Waals surface area contributed by atoms with Crippen molar-refractivity contribution in [2.75, 3.05) is 13.1 Å². The van der Waals surface area contributed by atoms with Crippen molar-refractivity contribution < 1.29 is 22.4 Å². The Hall–Kier alpha value is -4.29. The van der Waals surface area contributed by atoms with Crippen LogP contribution >= 0.6 is 0 Å². The predicted molar refractivity (Wildman–Crippen MR) is 122 cm³/mol. The van der Waals surface area contributed by atoms with Gasteiger partial charge in [0.1, 0.15) is 0 Å². The van der Waals surface area contributed by atoms with Crippen LogP contribution in [0, 0.1) is 0 Å². The summed E-state index contributed by atoms with van der Waals surface area (Å²) in [4.78, 5) is 45.9. The van der Waals surface area contributed by atoms with E-state index in [4.69, 9.17) is 0 Å². The Kier molecular flexibility index (Phi) is 4.91. The van der Waals surface area contributed by atoms with Crippen LogP contribution in [-0.4, -0.2) is 60.3 Å². The number of rotatable bonds is 4. The van der Waals surface area contributed by atoms with Crippen LogP contribution in [0.2, 0.25) is 0 Å². The molecule has 1 saturated carbocycles. The third-order valence-corrected chi connectivity index (χ3v) is 6.84. The first-order valence-electron chi connectivity index (χ1n) is 11.4. The minimum atomic E-state index is -4.27. The van der Waals surface area contributed by atoms with Crippen LogP contribution in [-0.2, 0) is 0 Å². The van der Waals surface area contributed by atoms with E-state index in [2.05, 4.69) is 20.1 Å². The van der Waals surface area contributed by atoms with E-state index < -0.39 is 42.1 Å². The average molecular weight is 514 g/mol. The molecule has 3 aromatic heterocycles. The fourth-order valence-electron chi connectivity index (χ4n) is 4.85. The van der Waals surface area contributed by atoms with Gasteiger partial charge in [0.25, 0.3) is 11.5 Å². The predicted octanol–water partition coefficient (Wildman–Crippen LogP) is 2.77. The largest absolute Gasteiger partial charge is 0.329 e. The van der Waals surface area contributed by atoms with E-state index in [-0.39, 0.29) is 23.0 Å². The second kappa shape index (κ2) is 7.85. The van der Waals surface area contributed by atoms with Crippen LogP contribution in [0.25, 0.3) is 16.9 Å². The zero-order valence-electron chi connectivity index (χ0n) is 18.9. The molecule has 37 heavy (non-hydrogen) atoms. The van der Waals surface area contributed by atoms with E-state index in [1.54, 1.807) is 36.7 Å². The molecule has 2 N–H and O–H groups in total. The van der Waals surface area contributed by atoms with Crippen LogP contribution in [0.4, 0.5) is 17.6 Å². The first kappa shape index (κ1) is 23.1. The van der Waals surface area contributed by atoms with Crippen LogP contribution < -0.4 is 11.2 Å². The topological polar surface area (TPSA) is 116 Å². The summed E-state index contributed by atoms with van der Waals surface area (Å²) < 4.78 is 56.0. The molecule has 9 nitrogen and oxygen atoms in total. The fraction of sp³-hybridized carbons (Fsp3) is 0.292. The van der Waals surface area contributed by atoms with E-state index in [1.807, 2.05) is 0 Å². The zero-order valence-corrected chi connectivity index (χ0v) is 18.9. The molecule has 1 aromatic carbocycles. The number of hydrogen-bond acceptors (Lipinski definition) is 5. The second-order valence-electron chi connectivity index (χ2n) is 9.31. The highest BCUT2D eigenvalue weighted by Gasteiger charge is 2.63. The lowest BCUT2D eigenvalue weighted by Gasteiger charge is -2.15. The third kappa shape index (κ3) is 3.81. The molecule has 2 aliphatic rings. The average Bonchev–Trinajstić information content (AvgIpc) is 3.43. The van der Waals surface area contributed by atoms with Gasteiger partial charge in [-0.05, 0) is 42.0 Å². The van der Waals surface area contributed by atoms with Gasteiger partial charge in [0, 0.05) is 29.7 Å². The number of carbonyl (C=O) groups is 1. The minimum Gasteiger partial charge on any atom is -0.326 e. The van der Waals surface area contributed by atoms with E-state index >= 15 is 0 Å². The van der Waals surface area contributed by atoms with Crippen molar-refractivity contribution in [3.8, 4) is 11.3 Å². The molecule has 1 saturated heterocycles. The lowest BCUT2D eigenvalue weighted by Crippen LogP contribution is -2.38. The van der Waals surface area contributed by atoms with Gasteiger partial charge in [0.2, 0.25) is 0 Å². The Morgan fingerprint density at radius 3 is 2.54 bits per heavy atom. The molecule has 0 unspecified atom stereocenters. The summed E-state index contributed by atoms with van der Waals surface area (Å²) in [6.07, 6.45) is 5.14. The summed E-state index contributed by atoms with van der Waals surface area (Å²) in [5.74, 6) is -9.54. The molecular formula is C24H18F4N6O3. The van der Waals surface area contributed by atoms with Crippen LogP contribution in [0.1, 0.15) is 39.7 Å². The maximum absolute atomic E-state index is 13.6. The number of likely N-dealkylation sites (tertiary alicyclic amines) is 1. The molecule has 0 radical (unpaired) electrons. The van der Waals surface area contributed by atoms with Gasteiger partial charge < -0.3 is 9.88 Å². The molecule has 2 fully saturated rings. The number of imidazole rings is 1. The number of halogens is 4. The second-order valence-corrected chi connectivity index (χ2v) is 9.31. The number of H-pyrrole nitrogens is 2. The molecule has 0 bridgehead atoms. The quantitative estimate of drug-likeness (QED) is 0.407. The number of alkyl halides is 4. The van der Waals surface area contributed by atoms with Gasteiger partial charge in [-0.25, -0.2) is 14.3 Å². The van der Waals surface area contributed by atoms with Gasteiger partial charge in [-0.3, -0.25) is 14.6 Å². The number of nitrogens with one attached hydrogen (secondary N) is 2. The highest BCUT2D eigenvalue weighted by atomic mass is 19.3. The molecule has 190 valence electrons. The Morgan fingerprint density at radius 2 is 1.81 bits per heavy atom. The zero-order chi connectivity index (χ0) is 26.1. The molecule has 1 amide bonds. The molecule has 13 heteroatoms. The Labute approximate surface area is 204 Å². The molecule has 6 rings (SSSR count). The van der Waals surface area contributed by atoms with Crippen LogP contribution in [0.5, 0.6) is 0 Å². The lowest BCUT2D eigenvalue weighted by atomic mass is 10.0. The lowest BCUT2D eigenvalue weighted by molar-refractivity contribution is -0.172. The maximum Gasteiger partial charge on any atom is 0.329 e. The number of aromatic nitrogens is 5. The number of nitrogens with zero attached hydrogens (tertiary/aromatic N) is 4. The molecule has 0 spiro atoms. The number of benzene rings is 1. The molecular weight excluding hydrogens is 496 g/mol. The Balaban J connectivity index is 1.30. The molecule has 4 heterocycles. The normalized spacial score (nSPS) is 21.9. The monoisotopic (exact) mass is 514 g/mol. The van der Waals surface area contributed by atoms with E-state index in [0.717, 1.165) is 11.1 Å². The summed E-state index contributed by atoms with van der Waals surface area (Å²) in [5.41, 5.74) is 1.42. The smallest absolute Gasteiger partial charge is 0.326 e. The molecule has 1 aliphatic heterocycles. The summed E-state index contributed by atoms with van der Waals surface area (Å²) in [5, 5.41) is 4.41. The first-order valence-corrected chi connectivity index (χ1v) is 11.4. The van der Waals surface area contributed by atoms with Crippen molar-refractivity contribution in [2.45, 2.75) is 30.1 Å². The molecule has 2 atom stereocenters. The Bertz CT molecular complexity index is 1660. The van der Waals surface area contributed by atoms with Gasteiger partial charge in [0.05, 0.1) is 24.3 Å². The van der Waals surface area contributed by atoms with Crippen molar-refractivity contribution in [1.82, 2.24) is 29.5 Å². The molecule has 4 aromatic rings. The third-order valence-electron chi connectivity index (χ3n) is 6.84. The van der Waals surface area contributed by atoms with E-state index in [1.165, 1.54) is 16.8 Å². The summed E-state index contributed by atoms with van der Waals surface area (Å²) in [6.45, 7) is -2.67. The van der Waals surface area contributed by atoms with Crippen molar-refractivity contribution in [1.29, 1.82) is 0 Å². The van der Waals surface area contributed by atoms with Gasteiger partial charge in [-0.2, -0.15) is 22.7 Å². The van der Waals surface area contributed by atoms with E-state index in [9.17, 15) is 31.9 Å². The number of carbonyl (C=O) groups excluding carboxylic acids is 1. The number of aromatic amines is 2. The van der Waals surface area contributed by atoms with Crippen molar-refractivity contribution in [3.63, 3.8) is 0 Å². The fourth-order valence-corrected chi connectivity index (χ4v) is 4.85. The van der Waals surface area contributed by atoms with Crippen LogP contribution in [0.3, 0.4) is 0 Å². The summed E-state index contributed by atoms with van der Waals surface area (Å²) in [7, 11) is 0. The highest BCUT2D eigenvalue weighted by molar-refractivity contribution is 5.94. The van der Waals surface area contributed by atoms with Gasteiger partial charge >= 0.3 is 17.5 Å². The molecule has 1 aliphatic carbocycles. The Morgan fingerprint density at radius 1 is 1.05 bits per heavy atom. The maximum atomic E-state index is 13.6. The highest BCUT2D eigenvalue weighted by Crippen LogP contribution is 2.55. The van der Waals surface area contributed by atoms with E-state index in [0.29, 0.717) is 22.7 Å². The van der Waals surface area contributed by atoms with Crippen molar-refractivity contribution >= 4 is 11.6 Å². The standard InChI is InChI=1S/C24H18F4N6O3/c25-23(26)10-33(11-24(23,27)28)21(36)13-3-1-2-12(6-13)14-7-15(14)16-8-18(32-34-5-4-29-19(16)34)17-9-30-22(37)31-20(17)35/h1-6,8-9,14-15H,7,10-11H2,(H2,30,31,35,37)/t14-,15+/m1/s1. The minimum absolute atomic E-state index is 0.0535. The first-order chi connectivity index (χ1) is 17.5. The number of hydrogen-bond donors (Lipinski definition) is 2. The SMILES string of the molecule is O=C(c1cccc([C@H]2C[C@@H]2c2cc(-c3c[nH]c(=O)[nH]c3=O)nn3ccnc23)c1)N1CC(F)(F)C(F)(F)C1.